The first-order valence-electron chi connectivity index (χ1n) is 24.0. The van der Waals surface area contributed by atoms with Crippen LogP contribution < -0.4 is 0 Å². The lowest BCUT2D eigenvalue weighted by Crippen LogP contribution is -2.41. The Hall–Kier alpha value is -7.08. The number of para-hydroxylation sites is 2. The number of H-pyrrole nitrogens is 2. The van der Waals surface area contributed by atoms with Crippen molar-refractivity contribution in [1.29, 1.82) is 0 Å². The molecule has 12 nitrogen and oxygen atoms in total. The number of amides is 2. The second kappa shape index (κ2) is 21.9. The molecule has 8 rings (SSSR count). The van der Waals surface area contributed by atoms with E-state index in [1.165, 1.54) is 40.6 Å². The third-order valence-electron chi connectivity index (χ3n) is 12.5. The van der Waals surface area contributed by atoms with Crippen LogP contribution in [0.3, 0.4) is 0 Å². The molecule has 0 radical (unpaired) electrons. The largest absolute Gasteiger partial charge is 0.478 e. The van der Waals surface area contributed by atoms with Crippen molar-refractivity contribution in [2.45, 2.75) is 116 Å². The molecule has 0 aliphatic heterocycles. The number of aromatic nitrogens is 2. The number of carbonyl (C=O) groups excluding carboxylic acids is 3. The molecule has 69 heavy (non-hydrogen) atoms. The second-order valence-corrected chi connectivity index (χ2v) is 19.8. The number of carboxylic acid groups (broad SMARTS) is 1. The molecule has 2 amide bonds. The quantitative estimate of drug-likeness (QED) is 0.0622. The monoisotopic (exact) mass is 934 g/mol. The third-order valence-corrected chi connectivity index (χ3v) is 12.5. The number of nitrogens with one attached hydrogen (secondary N) is 2. The lowest BCUT2D eigenvalue weighted by Gasteiger charge is -2.37. The van der Waals surface area contributed by atoms with Gasteiger partial charge in [0.15, 0.2) is 0 Å². The van der Waals surface area contributed by atoms with Gasteiger partial charge in [-0.05, 0) is 162 Å². The molecule has 0 saturated heterocycles. The summed E-state index contributed by atoms with van der Waals surface area (Å²) < 4.78 is 16.4. The average molecular weight is 935 g/mol. The number of aromatic amines is 2. The molecule has 2 unspecified atom stereocenters. The smallest absolute Gasteiger partial charge is 0.410 e. The molecule has 2 aromatic heterocycles. The van der Waals surface area contributed by atoms with E-state index in [1.807, 2.05) is 112 Å². The van der Waals surface area contributed by atoms with Crippen LogP contribution >= 0.6 is 0 Å². The molecule has 2 atom stereocenters. The number of fused-ring (bicyclic) bond motifs is 4. The predicted octanol–water partition coefficient (Wildman–Crippen LogP) is 12.3. The molecule has 362 valence electrons. The third kappa shape index (κ3) is 13.1. The number of carbonyl (C=O) groups is 4. The molecule has 2 aliphatic rings. The van der Waals surface area contributed by atoms with Crippen LogP contribution in [0.4, 0.5) is 9.59 Å². The minimum atomic E-state index is -0.969. The maximum absolute atomic E-state index is 13.4. The van der Waals surface area contributed by atoms with Crippen LogP contribution in [0, 0.1) is 0 Å². The molecule has 2 aliphatic carbocycles. The van der Waals surface area contributed by atoms with Crippen molar-refractivity contribution < 1.29 is 38.5 Å². The SMILES string of the molecule is CC(C)(C)OC(=O)N(CCc1c[nH]c2ccccc12)C1CCCc2cc(/C=C/C(=O)O)ccc21.COC(=O)/C=C/c1ccc2c(c1)CCCC2N(CCc1c[nH]c2ccccc12)C(=O)OC(C)(C)C. The fourth-order valence-electron chi connectivity index (χ4n) is 9.42. The van der Waals surface area contributed by atoms with Gasteiger partial charge in [0.05, 0.1) is 19.2 Å². The summed E-state index contributed by atoms with van der Waals surface area (Å²) in [5, 5.41) is 11.3. The molecule has 0 spiro atoms. The van der Waals surface area contributed by atoms with Gasteiger partial charge in [-0.25, -0.2) is 19.2 Å². The van der Waals surface area contributed by atoms with Gasteiger partial charge in [0.2, 0.25) is 0 Å². The molecular weight excluding hydrogens is 869 g/mol. The number of aliphatic carboxylic acids is 1. The van der Waals surface area contributed by atoms with E-state index in [9.17, 15) is 19.2 Å². The molecular formula is C57H66N4O8. The fraction of sp³-hybridized carbons (Fsp3) is 0.368. The van der Waals surface area contributed by atoms with Crippen LogP contribution in [-0.2, 0) is 49.5 Å². The molecule has 6 aromatic rings. The zero-order valence-electron chi connectivity index (χ0n) is 41.0. The van der Waals surface area contributed by atoms with Gasteiger partial charge in [-0.15, -0.1) is 0 Å². The maximum Gasteiger partial charge on any atom is 0.410 e. The number of methoxy groups -OCH3 is 1. The summed E-state index contributed by atoms with van der Waals surface area (Å²) in [6.45, 7) is 12.5. The number of aryl methyl sites for hydroxylation is 2. The number of ether oxygens (including phenoxy) is 3. The van der Waals surface area contributed by atoms with E-state index in [0.717, 1.165) is 89.9 Å². The van der Waals surface area contributed by atoms with Crippen molar-refractivity contribution in [1.82, 2.24) is 19.8 Å². The zero-order chi connectivity index (χ0) is 49.3. The number of esters is 1. The topological polar surface area (TPSA) is 154 Å². The highest BCUT2D eigenvalue weighted by atomic mass is 16.6. The summed E-state index contributed by atoms with van der Waals surface area (Å²) in [6, 6.07) is 28.4. The first-order chi connectivity index (χ1) is 33.0. The van der Waals surface area contributed by atoms with Crippen LogP contribution in [-0.4, -0.2) is 80.4 Å². The Morgan fingerprint density at radius 1 is 0.638 bits per heavy atom. The summed E-state index contributed by atoms with van der Waals surface area (Å²) in [5.41, 5.74) is 9.81. The molecule has 12 heteroatoms. The van der Waals surface area contributed by atoms with Gasteiger partial charge in [-0.3, -0.25) is 0 Å². The van der Waals surface area contributed by atoms with Crippen molar-refractivity contribution in [2.24, 2.45) is 0 Å². The van der Waals surface area contributed by atoms with E-state index in [4.69, 9.17) is 19.3 Å². The molecule has 2 heterocycles. The van der Waals surface area contributed by atoms with Crippen LogP contribution in [0.2, 0.25) is 0 Å². The van der Waals surface area contributed by atoms with Gasteiger partial charge in [0.1, 0.15) is 11.2 Å². The maximum atomic E-state index is 13.4. The standard InChI is InChI=1S/C29H34N2O4.C28H32N2O4/c1-29(2,3)35-28(33)31(17-16-22-19-30-25-10-6-5-9-23(22)25)26-11-7-8-21-18-20(12-14-24(21)26)13-15-27(32)34-4;1-28(2,3)34-27(33)30(16-15-21-18-29-24-9-5-4-8-22(21)24)25-10-6-7-20-17-19(11-13-23(20)25)12-14-26(31)32/h5-6,9-10,12-15,18-19,26,30H,7-8,11,16-17H2,1-4H3;4-5,8-9,11-14,17-18,25,29H,6-7,10,15-16H2,1-3H3,(H,31,32)/b15-13+;14-12+. The highest BCUT2D eigenvalue weighted by Crippen LogP contribution is 2.38. The fourth-order valence-corrected chi connectivity index (χ4v) is 9.42. The van der Waals surface area contributed by atoms with Crippen LogP contribution in [0.15, 0.2) is 109 Å². The number of nitrogens with zero attached hydrogens (tertiary/aromatic N) is 2. The Morgan fingerprint density at radius 3 is 1.49 bits per heavy atom. The van der Waals surface area contributed by atoms with Crippen LogP contribution in [0.1, 0.15) is 124 Å². The van der Waals surface area contributed by atoms with Crippen molar-refractivity contribution in [3.05, 3.63) is 154 Å². The van der Waals surface area contributed by atoms with Crippen molar-refractivity contribution in [3.63, 3.8) is 0 Å². The molecule has 3 N–H and O–H groups in total. The van der Waals surface area contributed by atoms with E-state index >= 15 is 0 Å². The summed E-state index contributed by atoms with van der Waals surface area (Å²) in [6.07, 6.45) is 16.4. The van der Waals surface area contributed by atoms with Gasteiger partial charge in [0, 0.05) is 59.4 Å². The van der Waals surface area contributed by atoms with E-state index in [2.05, 4.69) is 46.4 Å². The van der Waals surface area contributed by atoms with Crippen LogP contribution in [0.25, 0.3) is 34.0 Å². The van der Waals surface area contributed by atoms with Gasteiger partial charge >= 0.3 is 24.1 Å². The van der Waals surface area contributed by atoms with Gasteiger partial charge < -0.3 is 39.1 Å². The van der Waals surface area contributed by atoms with Crippen LogP contribution in [0.5, 0.6) is 0 Å². The lowest BCUT2D eigenvalue weighted by molar-refractivity contribution is -0.135. The summed E-state index contributed by atoms with van der Waals surface area (Å²) in [5.74, 6) is -1.35. The molecule has 0 fully saturated rings. The molecule has 0 bridgehead atoms. The average Bonchev–Trinajstić information content (AvgIpc) is 3.93. The second-order valence-electron chi connectivity index (χ2n) is 19.8. The lowest BCUT2D eigenvalue weighted by atomic mass is 9.85. The first kappa shape index (κ1) is 49.8. The first-order valence-corrected chi connectivity index (χ1v) is 24.0. The highest BCUT2D eigenvalue weighted by molar-refractivity contribution is 5.87. The van der Waals surface area contributed by atoms with E-state index in [1.54, 1.807) is 12.2 Å². The number of rotatable bonds is 12. The number of carboxylic acids is 1. The molecule has 0 saturated carbocycles. The minimum Gasteiger partial charge on any atom is -0.478 e. The minimum absolute atomic E-state index is 0.0579. The Kier molecular flexibility index (Phi) is 15.8. The van der Waals surface area contributed by atoms with Gasteiger partial charge in [-0.1, -0.05) is 72.8 Å². The highest BCUT2D eigenvalue weighted by Gasteiger charge is 2.34. The van der Waals surface area contributed by atoms with Gasteiger partial charge in [0.25, 0.3) is 0 Å². The number of hydrogen-bond acceptors (Lipinski definition) is 7. The molecule has 4 aromatic carbocycles. The predicted molar refractivity (Wildman–Crippen MR) is 272 cm³/mol. The van der Waals surface area contributed by atoms with E-state index in [0.29, 0.717) is 19.5 Å². The Bertz CT molecular complexity index is 2840. The van der Waals surface area contributed by atoms with E-state index in [-0.39, 0.29) is 30.2 Å². The van der Waals surface area contributed by atoms with Crippen molar-refractivity contribution in [2.75, 3.05) is 20.2 Å². The Labute approximate surface area is 405 Å². The summed E-state index contributed by atoms with van der Waals surface area (Å²) in [4.78, 5) is 59.6. The van der Waals surface area contributed by atoms with Gasteiger partial charge in [-0.2, -0.15) is 0 Å². The number of benzene rings is 4. The number of hydrogen-bond donors (Lipinski definition) is 3. The van der Waals surface area contributed by atoms with Crippen molar-refractivity contribution >= 4 is 58.1 Å². The summed E-state index contributed by atoms with van der Waals surface area (Å²) >= 11 is 0. The Morgan fingerprint density at radius 2 is 1.07 bits per heavy atom. The normalized spacial score (nSPS) is 15.8. The zero-order valence-corrected chi connectivity index (χ0v) is 41.0. The van der Waals surface area contributed by atoms with Crippen molar-refractivity contribution in [3.8, 4) is 0 Å². The van der Waals surface area contributed by atoms with E-state index < -0.39 is 17.2 Å². The summed E-state index contributed by atoms with van der Waals surface area (Å²) in [7, 11) is 1.37. The Balaban J connectivity index is 0.000000204.